The Hall–Kier alpha value is -2.28. The first-order chi connectivity index (χ1) is 11.1. The standard InChI is InChI=1S/C16H23N3O4/c1-3-23-14-6-4-13(5-7-14)19-11-12(10-15(19)20)18-16(21)17-8-9-22-2/h4-7,12H,3,8-11H2,1-2H3,(H2,17,18,21). The number of hydrogen-bond donors (Lipinski definition) is 2. The summed E-state index contributed by atoms with van der Waals surface area (Å²) in [6.45, 7) is 3.88. The van der Waals surface area contributed by atoms with E-state index in [1.807, 2.05) is 31.2 Å². The van der Waals surface area contributed by atoms with Gasteiger partial charge < -0.3 is 25.0 Å². The van der Waals surface area contributed by atoms with E-state index in [-0.39, 0.29) is 18.0 Å². The van der Waals surface area contributed by atoms with Crippen LogP contribution in [0.4, 0.5) is 10.5 Å². The summed E-state index contributed by atoms with van der Waals surface area (Å²) in [6.07, 6.45) is 0.297. The molecular weight excluding hydrogens is 298 g/mol. The summed E-state index contributed by atoms with van der Waals surface area (Å²) in [5.74, 6) is 0.770. The highest BCUT2D eigenvalue weighted by Crippen LogP contribution is 2.24. The van der Waals surface area contributed by atoms with Gasteiger partial charge >= 0.3 is 6.03 Å². The predicted octanol–water partition coefficient (Wildman–Crippen LogP) is 1.14. The molecule has 0 radical (unpaired) electrons. The molecule has 7 heteroatoms. The zero-order valence-electron chi connectivity index (χ0n) is 13.5. The molecule has 0 spiro atoms. The molecule has 1 saturated heterocycles. The summed E-state index contributed by atoms with van der Waals surface area (Å²) in [4.78, 5) is 25.5. The molecule has 1 atom stereocenters. The zero-order chi connectivity index (χ0) is 16.7. The molecule has 1 aromatic carbocycles. The Bertz CT molecular complexity index is 533. The molecule has 1 unspecified atom stereocenters. The van der Waals surface area contributed by atoms with Gasteiger partial charge in [0.1, 0.15) is 5.75 Å². The lowest BCUT2D eigenvalue weighted by molar-refractivity contribution is -0.117. The Labute approximate surface area is 135 Å². The fourth-order valence-electron chi connectivity index (χ4n) is 2.45. The molecule has 7 nitrogen and oxygen atoms in total. The van der Waals surface area contributed by atoms with Crippen LogP contribution in [0.5, 0.6) is 5.75 Å². The predicted molar refractivity (Wildman–Crippen MR) is 86.8 cm³/mol. The highest BCUT2D eigenvalue weighted by atomic mass is 16.5. The van der Waals surface area contributed by atoms with Crippen molar-refractivity contribution in [2.75, 3.05) is 38.3 Å². The summed E-state index contributed by atoms with van der Waals surface area (Å²) < 4.78 is 10.3. The van der Waals surface area contributed by atoms with Crippen LogP contribution in [-0.4, -0.2) is 51.4 Å². The molecule has 0 bridgehead atoms. The molecule has 126 valence electrons. The maximum atomic E-state index is 12.1. The molecule has 1 fully saturated rings. The Morgan fingerprint density at radius 2 is 2.09 bits per heavy atom. The number of amides is 3. The fraction of sp³-hybridized carbons (Fsp3) is 0.500. The fourth-order valence-corrected chi connectivity index (χ4v) is 2.45. The lowest BCUT2D eigenvalue weighted by Gasteiger charge is -2.18. The summed E-state index contributed by atoms with van der Waals surface area (Å²) in [7, 11) is 1.57. The van der Waals surface area contributed by atoms with Crippen molar-refractivity contribution in [3.05, 3.63) is 24.3 Å². The number of carbonyl (C=O) groups is 2. The molecule has 1 aromatic rings. The van der Waals surface area contributed by atoms with Crippen LogP contribution in [0.3, 0.4) is 0 Å². The van der Waals surface area contributed by atoms with Gasteiger partial charge in [0, 0.05) is 32.3 Å². The second-order valence-electron chi connectivity index (χ2n) is 5.23. The Morgan fingerprint density at radius 3 is 2.74 bits per heavy atom. The van der Waals surface area contributed by atoms with Crippen LogP contribution in [-0.2, 0) is 9.53 Å². The zero-order valence-corrected chi connectivity index (χ0v) is 13.5. The number of anilines is 1. The van der Waals surface area contributed by atoms with Crippen molar-refractivity contribution in [2.24, 2.45) is 0 Å². The van der Waals surface area contributed by atoms with Crippen LogP contribution in [0.1, 0.15) is 13.3 Å². The molecule has 0 saturated carbocycles. The SMILES string of the molecule is CCOc1ccc(N2CC(NC(=O)NCCOC)CC2=O)cc1. The molecule has 3 amide bonds. The molecular formula is C16H23N3O4. The van der Waals surface area contributed by atoms with Crippen LogP contribution >= 0.6 is 0 Å². The summed E-state index contributed by atoms with van der Waals surface area (Å²) in [5, 5.41) is 5.49. The lowest BCUT2D eigenvalue weighted by Crippen LogP contribution is -2.44. The van der Waals surface area contributed by atoms with Gasteiger partial charge in [-0.2, -0.15) is 0 Å². The Kier molecular flexibility index (Phi) is 6.22. The molecule has 0 aliphatic carbocycles. The van der Waals surface area contributed by atoms with Crippen molar-refractivity contribution in [1.29, 1.82) is 0 Å². The first kappa shape index (κ1) is 17.1. The summed E-state index contributed by atoms with van der Waals surface area (Å²) in [5.41, 5.74) is 0.808. The van der Waals surface area contributed by atoms with Crippen molar-refractivity contribution in [3.8, 4) is 5.75 Å². The van der Waals surface area contributed by atoms with Crippen molar-refractivity contribution in [1.82, 2.24) is 10.6 Å². The van der Waals surface area contributed by atoms with Gasteiger partial charge in [-0.1, -0.05) is 0 Å². The number of nitrogens with one attached hydrogen (secondary N) is 2. The molecule has 1 heterocycles. The minimum absolute atomic E-state index is 0.00338. The van der Waals surface area contributed by atoms with Crippen molar-refractivity contribution >= 4 is 17.6 Å². The van der Waals surface area contributed by atoms with Crippen molar-refractivity contribution in [2.45, 2.75) is 19.4 Å². The summed E-state index contributed by atoms with van der Waals surface area (Å²) >= 11 is 0. The molecule has 2 rings (SSSR count). The highest BCUT2D eigenvalue weighted by molar-refractivity contribution is 5.96. The Balaban J connectivity index is 1.88. The largest absolute Gasteiger partial charge is 0.494 e. The van der Waals surface area contributed by atoms with E-state index < -0.39 is 0 Å². The van der Waals surface area contributed by atoms with Crippen LogP contribution in [0.25, 0.3) is 0 Å². The van der Waals surface area contributed by atoms with Crippen molar-refractivity contribution in [3.63, 3.8) is 0 Å². The van der Waals surface area contributed by atoms with E-state index in [9.17, 15) is 9.59 Å². The monoisotopic (exact) mass is 321 g/mol. The molecule has 0 aromatic heterocycles. The van der Waals surface area contributed by atoms with Gasteiger partial charge in [0.05, 0.1) is 19.3 Å². The van der Waals surface area contributed by atoms with Crippen LogP contribution in [0.15, 0.2) is 24.3 Å². The summed E-state index contributed by atoms with van der Waals surface area (Å²) in [6, 6.07) is 6.90. The molecule has 23 heavy (non-hydrogen) atoms. The van der Waals surface area contributed by atoms with Gasteiger partial charge in [-0.15, -0.1) is 0 Å². The van der Waals surface area contributed by atoms with E-state index >= 15 is 0 Å². The minimum atomic E-state index is -0.284. The van der Waals surface area contributed by atoms with Crippen LogP contribution in [0, 0.1) is 0 Å². The first-order valence-electron chi connectivity index (χ1n) is 7.70. The topological polar surface area (TPSA) is 79.9 Å². The number of methoxy groups -OCH3 is 1. The first-order valence-corrected chi connectivity index (χ1v) is 7.70. The van der Waals surface area contributed by atoms with Gasteiger partial charge in [-0.25, -0.2) is 4.79 Å². The second kappa shape index (κ2) is 8.38. The average molecular weight is 321 g/mol. The highest BCUT2D eigenvalue weighted by Gasteiger charge is 2.31. The number of nitrogens with zero attached hydrogens (tertiary/aromatic N) is 1. The number of carbonyl (C=O) groups excluding carboxylic acids is 2. The third-order valence-corrected chi connectivity index (χ3v) is 3.51. The van der Waals surface area contributed by atoms with Crippen molar-refractivity contribution < 1.29 is 19.1 Å². The number of ether oxygens (including phenoxy) is 2. The number of hydrogen-bond acceptors (Lipinski definition) is 4. The number of benzene rings is 1. The quantitative estimate of drug-likeness (QED) is 0.738. The number of rotatable bonds is 7. The lowest BCUT2D eigenvalue weighted by atomic mass is 10.2. The molecule has 1 aliphatic rings. The molecule has 2 N–H and O–H groups in total. The van der Waals surface area contributed by atoms with Gasteiger partial charge in [-0.05, 0) is 31.2 Å². The van der Waals surface area contributed by atoms with Gasteiger partial charge in [0.25, 0.3) is 0 Å². The average Bonchev–Trinajstić information content (AvgIpc) is 2.89. The molecule has 1 aliphatic heterocycles. The van der Waals surface area contributed by atoms with E-state index in [0.717, 1.165) is 11.4 Å². The smallest absolute Gasteiger partial charge is 0.315 e. The van der Waals surface area contributed by atoms with Gasteiger partial charge in [0.2, 0.25) is 5.91 Å². The van der Waals surface area contributed by atoms with E-state index in [2.05, 4.69) is 10.6 Å². The van der Waals surface area contributed by atoms with E-state index in [4.69, 9.17) is 9.47 Å². The second-order valence-corrected chi connectivity index (χ2v) is 5.23. The van der Waals surface area contributed by atoms with E-state index in [1.165, 1.54) is 0 Å². The third kappa shape index (κ3) is 4.85. The maximum Gasteiger partial charge on any atom is 0.315 e. The normalized spacial score (nSPS) is 17.2. The van der Waals surface area contributed by atoms with Crippen LogP contribution in [0.2, 0.25) is 0 Å². The van der Waals surface area contributed by atoms with Gasteiger partial charge in [-0.3, -0.25) is 4.79 Å². The third-order valence-electron chi connectivity index (χ3n) is 3.51. The minimum Gasteiger partial charge on any atom is -0.494 e. The number of urea groups is 1. The van der Waals surface area contributed by atoms with Crippen LogP contribution < -0.4 is 20.3 Å². The van der Waals surface area contributed by atoms with E-state index in [0.29, 0.717) is 32.7 Å². The van der Waals surface area contributed by atoms with E-state index in [1.54, 1.807) is 12.0 Å². The maximum absolute atomic E-state index is 12.1. The Morgan fingerprint density at radius 1 is 1.35 bits per heavy atom. The van der Waals surface area contributed by atoms with Gasteiger partial charge in [0.15, 0.2) is 0 Å².